The summed E-state index contributed by atoms with van der Waals surface area (Å²) in [5.74, 6) is 0. The fraction of sp³-hybridized carbons (Fsp3) is 0. The van der Waals surface area contributed by atoms with Crippen molar-refractivity contribution in [2.75, 3.05) is 0 Å². The fourth-order valence-electron chi connectivity index (χ4n) is 0.711. The lowest BCUT2D eigenvalue weighted by atomic mass is 9.81. The molecule has 0 spiro atoms. The molecule has 0 saturated carbocycles. The molecular formula is C6H5BClNO3. The van der Waals surface area contributed by atoms with Crippen molar-refractivity contribution in [3.63, 3.8) is 0 Å². The summed E-state index contributed by atoms with van der Waals surface area (Å²) in [7, 11) is -1.66. The third kappa shape index (κ3) is 1.82. The van der Waals surface area contributed by atoms with E-state index < -0.39 is 7.12 Å². The van der Waals surface area contributed by atoms with Crippen molar-refractivity contribution in [3.05, 3.63) is 23.0 Å². The molecule has 6 heteroatoms. The molecule has 0 aliphatic heterocycles. The van der Waals surface area contributed by atoms with Gasteiger partial charge in [0.05, 0.1) is 0 Å². The van der Waals surface area contributed by atoms with Crippen molar-refractivity contribution in [2.24, 2.45) is 0 Å². The zero-order chi connectivity index (χ0) is 9.14. The number of nitrogens with zero attached hydrogens (tertiary/aromatic N) is 1. The lowest BCUT2D eigenvalue weighted by Gasteiger charge is -2.00. The highest BCUT2D eigenvalue weighted by atomic mass is 35.5. The van der Waals surface area contributed by atoms with Crippen LogP contribution in [0.2, 0.25) is 5.02 Å². The number of carbonyl (C=O) groups is 1. The van der Waals surface area contributed by atoms with Crippen LogP contribution in [0.25, 0.3) is 0 Å². The number of pyridine rings is 1. The van der Waals surface area contributed by atoms with Crippen molar-refractivity contribution in [3.8, 4) is 0 Å². The quantitative estimate of drug-likeness (QED) is 0.469. The smallest absolute Gasteiger partial charge is 0.423 e. The molecule has 4 nitrogen and oxygen atoms in total. The third-order valence-corrected chi connectivity index (χ3v) is 1.63. The Morgan fingerprint density at radius 1 is 1.58 bits per heavy atom. The summed E-state index contributed by atoms with van der Waals surface area (Å²) < 4.78 is 0. The second kappa shape index (κ2) is 3.66. The van der Waals surface area contributed by atoms with Crippen molar-refractivity contribution in [1.82, 2.24) is 4.98 Å². The molecule has 0 bridgehead atoms. The Hall–Kier alpha value is -0.905. The van der Waals surface area contributed by atoms with E-state index in [1.54, 1.807) is 0 Å². The molecule has 2 N–H and O–H groups in total. The third-order valence-electron chi connectivity index (χ3n) is 1.30. The zero-order valence-corrected chi connectivity index (χ0v) is 6.69. The van der Waals surface area contributed by atoms with Crippen LogP contribution in [0.1, 0.15) is 10.5 Å². The molecule has 0 aromatic carbocycles. The SMILES string of the molecule is O=Cc1cc(Cl)c(B(O)O)cn1. The molecule has 0 amide bonds. The minimum atomic E-state index is -1.66. The van der Waals surface area contributed by atoms with Crippen molar-refractivity contribution < 1.29 is 14.8 Å². The van der Waals surface area contributed by atoms with Crippen LogP contribution in [-0.2, 0) is 0 Å². The van der Waals surface area contributed by atoms with Gasteiger partial charge in [0.1, 0.15) is 5.69 Å². The minimum Gasteiger partial charge on any atom is -0.423 e. The van der Waals surface area contributed by atoms with E-state index in [4.69, 9.17) is 21.6 Å². The normalized spacial score (nSPS) is 9.58. The van der Waals surface area contributed by atoms with Gasteiger partial charge in [-0.05, 0) is 6.07 Å². The maximum atomic E-state index is 10.2. The van der Waals surface area contributed by atoms with Gasteiger partial charge in [-0.2, -0.15) is 0 Å². The molecule has 0 aliphatic carbocycles. The first-order chi connectivity index (χ1) is 5.65. The topological polar surface area (TPSA) is 70.4 Å². The van der Waals surface area contributed by atoms with E-state index in [1.165, 1.54) is 6.07 Å². The molecule has 12 heavy (non-hydrogen) atoms. The maximum Gasteiger partial charge on any atom is 0.491 e. The highest BCUT2D eigenvalue weighted by Gasteiger charge is 2.15. The predicted octanol–water partition coefficient (Wildman–Crippen LogP) is -0.773. The van der Waals surface area contributed by atoms with E-state index in [1.807, 2.05) is 0 Å². The van der Waals surface area contributed by atoms with Crippen LogP contribution in [0.4, 0.5) is 0 Å². The molecule has 1 rings (SSSR count). The molecule has 0 aliphatic rings. The number of hydrogen-bond donors (Lipinski definition) is 2. The van der Waals surface area contributed by atoms with Crippen LogP contribution >= 0.6 is 11.6 Å². The summed E-state index contributed by atoms with van der Waals surface area (Å²) >= 11 is 5.58. The average Bonchev–Trinajstić information content (AvgIpc) is 2.03. The van der Waals surface area contributed by atoms with E-state index in [0.717, 1.165) is 6.20 Å². The maximum absolute atomic E-state index is 10.2. The van der Waals surface area contributed by atoms with Crippen molar-refractivity contribution in [1.29, 1.82) is 0 Å². The van der Waals surface area contributed by atoms with Crippen LogP contribution in [-0.4, -0.2) is 28.4 Å². The Kier molecular flexibility index (Phi) is 2.81. The standard InChI is InChI=1S/C6H5BClNO3/c8-6-1-4(3-10)9-2-5(6)7(11)12/h1-3,11-12H. The summed E-state index contributed by atoms with van der Waals surface area (Å²) in [6.45, 7) is 0. The monoisotopic (exact) mass is 185 g/mol. The first-order valence-electron chi connectivity index (χ1n) is 3.12. The Balaban J connectivity index is 3.11. The summed E-state index contributed by atoms with van der Waals surface area (Å²) in [4.78, 5) is 13.8. The van der Waals surface area contributed by atoms with Crippen molar-refractivity contribution in [2.45, 2.75) is 0 Å². The number of hydrogen-bond acceptors (Lipinski definition) is 4. The van der Waals surface area contributed by atoms with Crippen LogP contribution in [0.5, 0.6) is 0 Å². The first kappa shape index (κ1) is 9.19. The van der Waals surface area contributed by atoms with Crippen LogP contribution < -0.4 is 5.46 Å². The largest absolute Gasteiger partial charge is 0.491 e. The minimum absolute atomic E-state index is 0.0854. The van der Waals surface area contributed by atoms with E-state index in [0.29, 0.717) is 6.29 Å². The highest BCUT2D eigenvalue weighted by Crippen LogP contribution is 2.04. The van der Waals surface area contributed by atoms with Gasteiger partial charge in [-0.1, -0.05) is 11.6 Å². The van der Waals surface area contributed by atoms with Gasteiger partial charge < -0.3 is 10.0 Å². The van der Waals surface area contributed by atoms with Crippen LogP contribution in [0.15, 0.2) is 12.3 Å². The molecule has 0 unspecified atom stereocenters. The van der Waals surface area contributed by atoms with Crippen molar-refractivity contribution >= 4 is 30.5 Å². The van der Waals surface area contributed by atoms with Gasteiger partial charge in [-0.3, -0.25) is 9.78 Å². The van der Waals surface area contributed by atoms with Gasteiger partial charge in [0.25, 0.3) is 0 Å². The second-order valence-corrected chi connectivity index (χ2v) is 2.53. The summed E-state index contributed by atoms with van der Waals surface area (Å²) in [6.07, 6.45) is 1.68. The van der Waals surface area contributed by atoms with Gasteiger partial charge in [-0.25, -0.2) is 0 Å². The Morgan fingerprint density at radius 3 is 2.67 bits per heavy atom. The lowest BCUT2D eigenvalue weighted by Crippen LogP contribution is -2.31. The van der Waals surface area contributed by atoms with Gasteiger partial charge in [0.15, 0.2) is 6.29 Å². The summed E-state index contributed by atoms with van der Waals surface area (Å²) in [6, 6.07) is 1.27. The predicted molar refractivity (Wildman–Crippen MR) is 44.5 cm³/mol. The second-order valence-electron chi connectivity index (χ2n) is 2.12. The summed E-state index contributed by atoms with van der Waals surface area (Å²) in [5, 5.41) is 17.5. The van der Waals surface area contributed by atoms with E-state index in [-0.39, 0.29) is 16.2 Å². The number of halogens is 1. The Bertz CT molecular complexity index is 305. The van der Waals surface area contributed by atoms with E-state index in [2.05, 4.69) is 4.98 Å². The number of carbonyl (C=O) groups excluding carboxylic acids is 1. The van der Waals surface area contributed by atoms with Crippen LogP contribution in [0, 0.1) is 0 Å². The van der Waals surface area contributed by atoms with E-state index in [9.17, 15) is 4.79 Å². The van der Waals surface area contributed by atoms with Gasteiger partial charge >= 0.3 is 7.12 Å². The molecule has 0 saturated heterocycles. The number of aromatic nitrogens is 1. The molecule has 1 aromatic rings. The lowest BCUT2D eigenvalue weighted by molar-refractivity contribution is 0.111. The first-order valence-corrected chi connectivity index (χ1v) is 3.49. The number of aldehydes is 1. The average molecular weight is 185 g/mol. The van der Waals surface area contributed by atoms with Gasteiger partial charge in [-0.15, -0.1) is 0 Å². The highest BCUT2D eigenvalue weighted by molar-refractivity contribution is 6.62. The fourth-order valence-corrected chi connectivity index (χ4v) is 0.969. The molecule has 0 atom stereocenters. The van der Waals surface area contributed by atoms with Gasteiger partial charge in [0.2, 0.25) is 0 Å². The van der Waals surface area contributed by atoms with Gasteiger partial charge in [0, 0.05) is 16.7 Å². The molecule has 1 heterocycles. The Morgan fingerprint density at radius 2 is 2.25 bits per heavy atom. The van der Waals surface area contributed by atoms with E-state index >= 15 is 0 Å². The molecule has 1 aromatic heterocycles. The molecule has 62 valence electrons. The summed E-state index contributed by atoms with van der Waals surface area (Å²) in [5.41, 5.74) is 0.242. The molecule has 0 radical (unpaired) electrons. The Labute approximate surface area is 74.0 Å². The zero-order valence-electron chi connectivity index (χ0n) is 5.94. The van der Waals surface area contributed by atoms with Crippen LogP contribution in [0.3, 0.4) is 0 Å². The molecular weight excluding hydrogens is 180 g/mol. The number of rotatable bonds is 2. The molecule has 0 fully saturated rings.